The number of aromatic nitrogens is 1. The summed E-state index contributed by atoms with van der Waals surface area (Å²) >= 11 is 1.30. The molecule has 0 radical (unpaired) electrons. The van der Waals surface area contributed by atoms with Crippen LogP contribution in [0.15, 0.2) is 24.3 Å². The Balaban J connectivity index is 1.69. The molecule has 1 aliphatic carbocycles. The number of benzene rings is 1. The Morgan fingerprint density at radius 1 is 1.41 bits per heavy atom. The largest absolute Gasteiger partial charge is 0.397 e. The lowest BCUT2D eigenvalue weighted by molar-refractivity contribution is 0.103. The van der Waals surface area contributed by atoms with Gasteiger partial charge in [-0.3, -0.25) is 4.79 Å². The molecule has 27 heavy (non-hydrogen) atoms. The number of hydrogen-bond donors (Lipinski definition) is 2. The van der Waals surface area contributed by atoms with Gasteiger partial charge in [-0.05, 0) is 61.4 Å². The molecule has 2 heterocycles. The molecule has 140 valence electrons. The first kappa shape index (κ1) is 17.9. The first-order valence-electron chi connectivity index (χ1n) is 9.24. The fourth-order valence-corrected chi connectivity index (χ4v) is 4.68. The monoisotopic (exact) mass is 383 g/mol. The molecule has 1 amide bonds. The maximum Gasteiger partial charge on any atom is 0.267 e. The first-order valence-corrected chi connectivity index (χ1v) is 10.1. The molecule has 2 aromatic heterocycles. The van der Waals surface area contributed by atoms with E-state index < -0.39 is 0 Å². The van der Waals surface area contributed by atoms with Crippen molar-refractivity contribution < 1.29 is 9.18 Å². The number of fused-ring (bicyclic) bond motifs is 2. The summed E-state index contributed by atoms with van der Waals surface area (Å²) < 4.78 is 13.5. The quantitative estimate of drug-likeness (QED) is 0.662. The minimum absolute atomic E-state index is 0.325. The molecule has 1 aliphatic rings. The Labute approximate surface area is 161 Å². The third-order valence-corrected chi connectivity index (χ3v) is 6.53. The van der Waals surface area contributed by atoms with Crippen LogP contribution < -0.4 is 11.1 Å². The zero-order valence-corrected chi connectivity index (χ0v) is 16.3. The van der Waals surface area contributed by atoms with E-state index in [0.717, 1.165) is 47.2 Å². The minimum Gasteiger partial charge on any atom is -0.397 e. The Bertz CT molecular complexity index is 1040. The van der Waals surface area contributed by atoms with Crippen LogP contribution in [0.5, 0.6) is 0 Å². The zero-order valence-electron chi connectivity index (χ0n) is 15.4. The van der Waals surface area contributed by atoms with E-state index in [4.69, 9.17) is 10.7 Å². The standard InChI is InChI=1S/C21H22FN3OS/c1-3-12-5-7-16-13(8-12)9-15-18(23)19(27-21(15)25-16)20(26)24-17-10-14(22)6-4-11(17)2/h4,6,9-10,12H,3,5,7-8,23H2,1-2H3,(H,24,26)/t12-/m0/s1. The molecule has 1 aromatic carbocycles. The number of carbonyl (C=O) groups is 1. The molecule has 6 heteroatoms. The Morgan fingerprint density at radius 2 is 2.22 bits per heavy atom. The summed E-state index contributed by atoms with van der Waals surface area (Å²) in [7, 11) is 0. The van der Waals surface area contributed by atoms with Gasteiger partial charge in [0.25, 0.3) is 5.91 Å². The van der Waals surface area contributed by atoms with Crippen molar-refractivity contribution in [2.45, 2.75) is 39.5 Å². The fourth-order valence-electron chi connectivity index (χ4n) is 3.69. The second-order valence-corrected chi connectivity index (χ2v) is 8.22. The lowest BCUT2D eigenvalue weighted by Gasteiger charge is -2.22. The van der Waals surface area contributed by atoms with Crippen LogP contribution in [0, 0.1) is 18.7 Å². The predicted octanol–water partition coefficient (Wildman–Crippen LogP) is 5.09. The van der Waals surface area contributed by atoms with Gasteiger partial charge in [0.05, 0.1) is 5.69 Å². The highest BCUT2D eigenvalue weighted by Crippen LogP contribution is 2.37. The Hall–Kier alpha value is -2.47. The second kappa shape index (κ2) is 6.93. The number of thiophene rings is 1. The lowest BCUT2D eigenvalue weighted by Crippen LogP contribution is -2.14. The Morgan fingerprint density at radius 3 is 3.00 bits per heavy atom. The highest BCUT2D eigenvalue weighted by atomic mass is 32.1. The van der Waals surface area contributed by atoms with Crippen molar-refractivity contribution in [1.82, 2.24) is 4.98 Å². The van der Waals surface area contributed by atoms with Gasteiger partial charge in [0.15, 0.2) is 0 Å². The van der Waals surface area contributed by atoms with Gasteiger partial charge in [0, 0.05) is 16.8 Å². The molecule has 0 unspecified atom stereocenters. The van der Waals surface area contributed by atoms with Crippen molar-refractivity contribution in [3.05, 3.63) is 51.8 Å². The van der Waals surface area contributed by atoms with Gasteiger partial charge >= 0.3 is 0 Å². The highest BCUT2D eigenvalue weighted by molar-refractivity contribution is 7.21. The van der Waals surface area contributed by atoms with Crippen molar-refractivity contribution in [3.8, 4) is 0 Å². The molecule has 4 rings (SSSR count). The summed E-state index contributed by atoms with van der Waals surface area (Å²) in [6.45, 7) is 4.04. The summed E-state index contributed by atoms with van der Waals surface area (Å²) in [6.07, 6.45) is 4.33. The van der Waals surface area contributed by atoms with Gasteiger partial charge in [-0.15, -0.1) is 11.3 Å². The van der Waals surface area contributed by atoms with E-state index in [1.54, 1.807) is 6.07 Å². The van der Waals surface area contributed by atoms with Crippen molar-refractivity contribution in [2.24, 2.45) is 5.92 Å². The van der Waals surface area contributed by atoms with E-state index in [9.17, 15) is 9.18 Å². The number of nitrogens with zero attached hydrogens (tertiary/aromatic N) is 1. The van der Waals surface area contributed by atoms with Crippen LogP contribution in [0.25, 0.3) is 10.2 Å². The number of carbonyl (C=O) groups excluding carboxylic acids is 1. The normalized spacial score (nSPS) is 16.3. The molecule has 0 aliphatic heterocycles. The van der Waals surface area contributed by atoms with Gasteiger partial charge in [-0.1, -0.05) is 19.4 Å². The summed E-state index contributed by atoms with van der Waals surface area (Å²) in [5.74, 6) is -0.0241. The van der Waals surface area contributed by atoms with Crippen LogP contribution in [0.1, 0.15) is 46.3 Å². The Kier molecular flexibility index (Phi) is 4.60. The fraction of sp³-hybridized carbons (Fsp3) is 0.333. The number of rotatable bonds is 3. The lowest BCUT2D eigenvalue weighted by atomic mass is 9.85. The third-order valence-electron chi connectivity index (χ3n) is 5.42. The van der Waals surface area contributed by atoms with E-state index in [1.165, 1.54) is 29.0 Å². The number of nitrogen functional groups attached to an aromatic ring is 1. The molecule has 3 N–H and O–H groups in total. The summed E-state index contributed by atoms with van der Waals surface area (Å²) in [4.78, 5) is 18.8. The minimum atomic E-state index is -0.389. The maximum atomic E-state index is 13.5. The average molecular weight is 383 g/mol. The SMILES string of the molecule is CC[C@H]1CCc2nc3sc(C(=O)Nc4cc(F)ccc4C)c(N)c3cc2C1. The molecule has 4 nitrogen and oxygen atoms in total. The van der Waals surface area contributed by atoms with Gasteiger partial charge < -0.3 is 11.1 Å². The number of anilines is 2. The molecule has 0 spiro atoms. The van der Waals surface area contributed by atoms with E-state index in [0.29, 0.717) is 22.2 Å². The van der Waals surface area contributed by atoms with Gasteiger partial charge in [-0.25, -0.2) is 9.37 Å². The van der Waals surface area contributed by atoms with E-state index in [-0.39, 0.29) is 11.7 Å². The van der Waals surface area contributed by atoms with Crippen LogP contribution in [0.2, 0.25) is 0 Å². The molecule has 0 saturated heterocycles. The summed E-state index contributed by atoms with van der Waals surface area (Å²) in [5, 5.41) is 3.62. The third kappa shape index (κ3) is 3.30. The highest BCUT2D eigenvalue weighted by Gasteiger charge is 2.23. The van der Waals surface area contributed by atoms with Gasteiger partial charge in [0.1, 0.15) is 15.5 Å². The second-order valence-electron chi connectivity index (χ2n) is 7.22. The van der Waals surface area contributed by atoms with Gasteiger partial charge in [0.2, 0.25) is 0 Å². The number of nitrogens with two attached hydrogens (primary N) is 1. The molecule has 0 fully saturated rings. The van der Waals surface area contributed by atoms with Crippen LogP contribution in [0.4, 0.5) is 15.8 Å². The number of halogens is 1. The summed E-state index contributed by atoms with van der Waals surface area (Å²) in [5.41, 5.74) is 10.4. The molecule has 3 aromatic rings. The zero-order chi connectivity index (χ0) is 19.1. The van der Waals surface area contributed by atoms with Crippen LogP contribution >= 0.6 is 11.3 Å². The van der Waals surface area contributed by atoms with Crippen molar-refractivity contribution in [3.63, 3.8) is 0 Å². The number of pyridine rings is 1. The number of amides is 1. The van der Waals surface area contributed by atoms with Crippen LogP contribution in [-0.2, 0) is 12.8 Å². The smallest absolute Gasteiger partial charge is 0.267 e. The predicted molar refractivity (Wildman–Crippen MR) is 109 cm³/mol. The topological polar surface area (TPSA) is 68.0 Å². The summed E-state index contributed by atoms with van der Waals surface area (Å²) in [6, 6.07) is 6.43. The van der Waals surface area contributed by atoms with E-state index >= 15 is 0 Å². The molecular formula is C21H22FN3OS. The number of nitrogens with one attached hydrogen (secondary N) is 1. The number of hydrogen-bond acceptors (Lipinski definition) is 4. The maximum absolute atomic E-state index is 13.5. The van der Waals surface area contributed by atoms with E-state index in [2.05, 4.69) is 18.3 Å². The van der Waals surface area contributed by atoms with Crippen LogP contribution in [0.3, 0.4) is 0 Å². The van der Waals surface area contributed by atoms with Crippen molar-refractivity contribution >= 4 is 38.8 Å². The average Bonchev–Trinajstić information content (AvgIpc) is 2.98. The van der Waals surface area contributed by atoms with Crippen molar-refractivity contribution in [2.75, 3.05) is 11.1 Å². The molecular weight excluding hydrogens is 361 g/mol. The van der Waals surface area contributed by atoms with Crippen LogP contribution in [-0.4, -0.2) is 10.9 Å². The van der Waals surface area contributed by atoms with Gasteiger partial charge in [-0.2, -0.15) is 0 Å². The van der Waals surface area contributed by atoms with Crippen molar-refractivity contribution in [1.29, 1.82) is 0 Å². The van der Waals surface area contributed by atoms with E-state index in [1.807, 2.05) is 6.92 Å². The molecule has 0 bridgehead atoms. The molecule has 0 saturated carbocycles. The molecule has 1 atom stereocenters. The number of aryl methyl sites for hydroxylation is 2. The first-order chi connectivity index (χ1) is 13.0.